The highest BCUT2D eigenvalue weighted by molar-refractivity contribution is 7.12. The summed E-state index contributed by atoms with van der Waals surface area (Å²) in [5.74, 6) is -0.235. The Balaban J connectivity index is 1.95. The molecule has 120 valence electrons. The van der Waals surface area contributed by atoms with Crippen LogP contribution in [0.15, 0.2) is 46.9 Å². The van der Waals surface area contributed by atoms with Crippen molar-refractivity contribution in [2.45, 2.75) is 6.92 Å². The average molecular weight is 332 g/mol. The van der Waals surface area contributed by atoms with Crippen LogP contribution in [0.5, 0.6) is 5.75 Å². The molecule has 1 aromatic heterocycles. The summed E-state index contributed by atoms with van der Waals surface area (Å²) in [5, 5.41) is 5.72. The Morgan fingerprint density at radius 2 is 2.09 bits per heavy atom. The van der Waals surface area contributed by atoms with Crippen LogP contribution in [0.25, 0.3) is 0 Å². The number of hydrogen-bond donors (Lipinski definition) is 1. The molecule has 0 unspecified atom stereocenters. The lowest BCUT2D eigenvalue weighted by atomic mass is 10.2. The number of ether oxygens (including phenoxy) is 2. The van der Waals surface area contributed by atoms with Crippen molar-refractivity contribution in [1.82, 2.24) is 5.43 Å². The third-order valence-corrected chi connectivity index (χ3v) is 3.55. The van der Waals surface area contributed by atoms with Gasteiger partial charge in [-0.15, -0.1) is 11.3 Å². The van der Waals surface area contributed by atoms with Crippen molar-refractivity contribution < 1.29 is 19.1 Å². The minimum Gasteiger partial charge on any atom is -0.481 e. The predicted octanol–water partition coefficient (Wildman–Crippen LogP) is 2.45. The summed E-state index contributed by atoms with van der Waals surface area (Å²) < 4.78 is 10.2. The Kier molecular flexibility index (Phi) is 6.31. The first-order valence-corrected chi connectivity index (χ1v) is 7.83. The SMILES string of the molecule is CCOC(=O)COc1ccccc1/C=N/NC(=O)c1cccs1. The molecule has 0 atom stereocenters. The number of carbonyl (C=O) groups excluding carboxylic acids is 2. The second-order valence-corrected chi connectivity index (χ2v) is 5.26. The van der Waals surface area contributed by atoms with E-state index in [2.05, 4.69) is 10.5 Å². The standard InChI is InChI=1S/C16H16N2O4S/c1-2-21-15(19)11-22-13-7-4-3-6-12(13)10-17-18-16(20)14-8-5-9-23-14/h3-10H,2,11H2,1H3,(H,18,20)/b17-10+. The fraction of sp³-hybridized carbons (Fsp3) is 0.188. The Bertz CT molecular complexity index is 683. The van der Waals surface area contributed by atoms with E-state index in [1.807, 2.05) is 5.38 Å². The molecule has 1 amide bonds. The van der Waals surface area contributed by atoms with Gasteiger partial charge < -0.3 is 9.47 Å². The Morgan fingerprint density at radius 1 is 1.26 bits per heavy atom. The molecule has 1 N–H and O–H groups in total. The van der Waals surface area contributed by atoms with Crippen LogP contribution in [0.1, 0.15) is 22.2 Å². The maximum absolute atomic E-state index is 11.8. The molecule has 23 heavy (non-hydrogen) atoms. The second kappa shape index (κ2) is 8.70. The molecule has 0 aliphatic carbocycles. The lowest BCUT2D eigenvalue weighted by molar-refractivity contribution is -0.145. The molecule has 1 aromatic carbocycles. The van der Waals surface area contributed by atoms with Crippen molar-refractivity contribution in [2.75, 3.05) is 13.2 Å². The number of thiophene rings is 1. The first-order valence-electron chi connectivity index (χ1n) is 6.95. The molecule has 7 heteroatoms. The third kappa shape index (κ3) is 5.23. The van der Waals surface area contributed by atoms with Gasteiger partial charge in [0.15, 0.2) is 6.61 Å². The van der Waals surface area contributed by atoms with Gasteiger partial charge in [0.25, 0.3) is 5.91 Å². The van der Waals surface area contributed by atoms with Crippen molar-refractivity contribution >= 4 is 29.4 Å². The number of esters is 1. The molecular formula is C16H16N2O4S. The van der Waals surface area contributed by atoms with E-state index in [1.54, 1.807) is 43.3 Å². The molecule has 1 heterocycles. The lowest BCUT2D eigenvalue weighted by Gasteiger charge is -2.08. The van der Waals surface area contributed by atoms with Crippen LogP contribution in [0.4, 0.5) is 0 Å². The van der Waals surface area contributed by atoms with Gasteiger partial charge in [-0.05, 0) is 30.5 Å². The molecule has 0 bridgehead atoms. The van der Waals surface area contributed by atoms with E-state index < -0.39 is 5.97 Å². The second-order valence-electron chi connectivity index (χ2n) is 4.31. The van der Waals surface area contributed by atoms with Crippen molar-refractivity contribution in [2.24, 2.45) is 5.10 Å². The topological polar surface area (TPSA) is 77.0 Å². The summed E-state index contributed by atoms with van der Waals surface area (Å²) in [4.78, 5) is 23.7. The van der Waals surface area contributed by atoms with E-state index in [1.165, 1.54) is 17.6 Å². The maximum Gasteiger partial charge on any atom is 0.344 e. The minimum atomic E-state index is -0.440. The van der Waals surface area contributed by atoms with Crippen LogP contribution in [0, 0.1) is 0 Å². The average Bonchev–Trinajstić information content (AvgIpc) is 3.09. The van der Waals surface area contributed by atoms with E-state index >= 15 is 0 Å². The molecule has 6 nitrogen and oxygen atoms in total. The zero-order chi connectivity index (χ0) is 16.5. The van der Waals surface area contributed by atoms with Gasteiger partial charge in [0.2, 0.25) is 0 Å². The molecule has 0 aliphatic rings. The normalized spacial score (nSPS) is 10.5. The summed E-state index contributed by atoms with van der Waals surface area (Å²) in [6.07, 6.45) is 1.46. The lowest BCUT2D eigenvalue weighted by Crippen LogP contribution is -2.17. The van der Waals surface area contributed by atoms with E-state index in [0.717, 1.165) is 0 Å². The van der Waals surface area contributed by atoms with Gasteiger partial charge in [-0.3, -0.25) is 4.79 Å². The molecule has 0 fully saturated rings. The summed E-state index contributed by atoms with van der Waals surface area (Å²) in [6, 6.07) is 10.6. The molecule has 2 aromatic rings. The van der Waals surface area contributed by atoms with Gasteiger partial charge >= 0.3 is 5.97 Å². The van der Waals surface area contributed by atoms with E-state index in [0.29, 0.717) is 22.8 Å². The van der Waals surface area contributed by atoms with E-state index in [4.69, 9.17) is 9.47 Å². The van der Waals surface area contributed by atoms with Crippen LogP contribution in [-0.4, -0.2) is 31.3 Å². The maximum atomic E-state index is 11.8. The number of nitrogens with one attached hydrogen (secondary N) is 1. The number of nitrogens with zero attached hydrogens (tertiary/aromatic N) is 1. The van der Waals surface area contributed by atoms with Gasteiger partial charge in [-0.2, -0.15) is 5.10 Å². The molecule has 0 aliphatic heterocycles. The van der Waals surface area contributed by atoms with E-state index in [-0.39, 0.29) is 12.5 Å². The number of carbonyl (C=O) groups is 2. The Labute approximate surface area is 137 Å². The van der Waals surface area contributed by atoms with Gasteiger partial charge in [0, 0.05) is 5.56 Å². The quantitative estimate of drug-likeness (QED) is 0.480. The Morgan fingerprint density at radius 3 is 2.83 bits per heavy atom. The number of hydrazone groups is 1. The van der Waals surface area contributed by atoms with Crippen LogP contribution in [0.3, 0.4) is 0 Å². The van der Waals surface area contributed by atoms with Crippen LogP contribution >= 0.6 is 11.3 Å². The number of rotatable bonds is 7. The zero-order valence-electron chi connectivity index (χ0n) is 12.5. The monoisotopic (exact) mass is 332 g/mol. The third-order valence-electron chi connectivity index (χ3n) is 2.68. The summed E-state index contributed by atoms with van der Waals surface area (Å²) in [6.45, 7) is 1.86. The van der Waals surface area contributed by atoms with Gasteiger partial charge in [-0.25, -0.2) is 10.2 Å². The molecule has 0 saturated carbocycles. The molecule has 0 saturated heterocycles. The molecule has 2 rings (SSSR count). The summed E-state index contributed by atoms with van der Waals surface area (Å²) in [5.41, 5.74) is 3.08. The highest BCUT2D eigenvalue weighted by Crippen LogP contribution is 2.15. The summed E-state index contributed by atoms with van der Waals surface area (Å²) >= 11 is 1.33. The number of hydrogen-bond acceptors (Lipinski definition) is 6. The number of benzene rings is 1. The van der Waals surface area contributed by atoms with Crippen molar-refractivity contribution in [3.63, 3.8) is 0 Å². The van der Waals surface area contributed by atoms with Crippen LogP contribution in [0.2, 0.25) is 0 Å². The first kappa shape index (κ1) is 16.7. The molecular weight excluding hydrogens is 316 g/mol. The molecule has 0 radical (unpaired) electrons. The number of para-hydroxylation sites is 1. The smallest absolute Gasteiger partial charge is 0.344 e. The first-order chi connectivity index (χ1) is 11.2. The summed E-state index contributed by atoms with van der Waals surface area (Å²) in [7, 11) is 0. The minimum absolute atomic E-state index is 0.180. The fourth-order valence-electron chi connectivity index (χ4n) is 1.68. The molecule has 0 spiro atoms. The largest absolute Gasteiger partial charge is 0.481 e. The van der Waals surface area contributed by atoms with Gasteiger partial charge in [0.05, 0.1) is 17.7 Å². The zero-order valence-corrected chi connectivity index (χ0v) is 13.3. The van der Waals surface area contributed by atoms with Gasteiger partial charge in [-0.1, -0.05) is 18.2 Å². The predicted molar refractivity (Wildman–Crippen MR) is 87.9 cm³/mol. The Hall–Kier alpha value is -2.67. The van der Waals surface area contributed by atoms with Gasteiger partial charge in [0.1, 0.15) is 5.75 Å². The highest BCUT2D eigenvalue weighted by Gasteiger charge is 2.07. The fourth-order valence-corrected chi connectivity index (χ4v) is 2.29. The van der Waals surface area contributed by atoms with Crippen LogP contribution in [-0.2, 0) is 9.53 Å². The van der Waals surface area contributed by atoms with Crippen molar-refractivity contribution in [1.29, 1.82) is 0 Å². The highest BCUT2D eigenvalue weighted by atomic mass is 32.1. The van der Waals surface area contributed by atoms with Crippen molar-refractivity contribution in [3.8, 4) is 5.75 Å². The van der Waals surface area contributed by atoms with Crippen LogP contribution < -0.4 is 10.2 Å². The van der Waals surface area contributed by atoms with Crippen molar-refractivity contribution in [3.05, 3.63) is 52.2 Å². The number of amides is 1. The van der Waals surface area contributed by atoms with E-state index in [9.17, 15) is 9.59 Å².